The SMILES string of the molecule is CC/C=C/N=C(/CO)N(/C=C/COc1ccccc1)CCOCC. The molecule has 24 heavy (non-hydrogen) atoms. The fourth-order valence-corrected chi connectivity index (χ4v) is 1.88. The number of aliphatic hydroxyl groups excluding tert-OH is 1. The molecular formula is C19H28N2O3. The van der Waals surface area contributed by atoms with Crippen molar-refractivity contribution in [1.29, 1.82) is 0 Å². The van der Waals surface area contributed by atoms with Crippen LogP contribution in [0, 0.1) is 0 Å². The highest BCUT2D eigenvalue weighted by Crippen LogP contribution is 2.08. The Morgan fingerprint density at radius 2 is 2.00 bits per heavy atom. The van der Waals surface area contributed by atoms with Gasteiger partial charge in [0.25, 0.3) is 0 Å². The van der Waals surface area contributed by atoms with E-state index < -0.39 is 0 Å². The normalized spacial score (nSPS) is 12.2. The Balaban J connectivity index is 2.63. The molecule has 0 heterocycles. The van der Waals surface area contributed by atoms with Crippen molar-refractivity contribution in [2.75, 3.05) is 33.0 Å². The fourth-order valence-electron chi connectivity index (χ4n) is 1.88. The second-order valence-corrected chi connectivity index (χ2v) is 4.90. The topological polar surface area (TPSA) is 54.3 Å². The molecular weight excluding hydrogens is 304 g/mol. The third-order valence-corrected chi connectivity index (χ3v) is 3.09. The highest BCUT2D eigenvalue weighted by Gasteiger charge is 2.06. The first kappa shape index (κ1) is 19.9. The van der Waals surface area contributed by atoms with Crippen LogP contribution in [-0.2, 0) is 4.74 Å². The second-order valence-electron chi connectivity index (χ2n) is 4.90. The molecule has 0 saturated heterocycles. The summed E-state index contributed by atoms with van der Waals surface area (Å²) in [6.07, 6.45) is 8.33. The summed E-state index contributed by atoms with van der Waals surface area (Å²) in [4.78, 5) is 6.19. The summed E-state index contributed by atoms with van der Waals surface area (Å²) in [7, 11) is 0. The Kier molecular flexibility index (Phi) is 11.1. The number of rotatable bonds is 11. The number of benzene rings is 1. The summed E-state index contributed by atoms with van der Waals surface area (Å²) in [5.41, 5.74) is 0. The van der Waals surface area contributed by atoms with Crippen molar-refractivity contribution in [3.63, 3.8) is 0 Å². The van der Waals surface area contributed by atoms with Crippen LogP contribution in [0.1, 0.15) is 20.3 Å². The Bertz CT molecular complexity index is 513. The summed E-state index contributed by atoms with van der Waals surface area (Å²) in [6, 6.07) is 9.65. The Hall–Kier alpha value is -2.11. The molecule has 1 aromatic carbocycles. The van der Waals surface area contributed by atoms with Crippen LogP contribution in [0.5, 0.6) is 5.75 Å². The smallest absolute Gasteiger partial charge is 0.134 e. The molecule has 0 aliphatic rings. The van der Waals surface area contributed by atoms with Gasteiger partial charge in [0.1, 0.15) is 24.8 Å². The van der Waals surface area contributed by atoms with Gasteiger partial charge in [0.15, 0.2) is 0 Å². The Morgan fingerprint density at radius 3 is 2.67 bits per heavy atom. The highest BCUT2D eigenvalue weighted by atomic mass is 16.5. The molecule has 5 nitrogen and oxygen atoms in total. The van der Waals surface area contributed by atoms with Crippen LogP contribution in [0.25, 0.3) is 0 Å². The largest absolute Gasteiger partial charge is 0.489 e. The lowest BCUT2D eigenvalue weighted by molar-refractivity contribution is 0.138. The van der Waals surface area contributed by atoms with E-state index in [0.717, 1.165) is 12.2 Å². The maximum atomic E-state index is 9.57. The quantitative estimate of drug-likeness (QED) is 0.384. The Morgan fingerprint density at radius 1 is 1.21 bits per heavy atom. The molecule has 0 fully saturated rings. The zero-order valence-corrected chi connectivity index (χ0v) is 14.6. The molecule has 0 unspecified atom stereocenters. The number of para-hydroxylation sites is 1. The summed E-state index contributed by atoms with van der Waals surface area (Å²) >= 11 is 0. The van der Waals surface area contributed by atoms with Gasteiger partial charge >= 0.3 is 0 Å². The molecule has 0 radical (unpaired) electrons. The maximum absolute atomic E-state index is 9.57. The van der Waals surface area contributed by atoms with Gasteiger partial charge in [-0.25, -0.2) is 4.99 Å². The summed E-state index contributed by atoms with van der Waals surface area (Å²) in [6.45, 7) is 6.15. The monoisotopic (exact) mass is 332 g/mol. The minimum absolute atomic E-state index is 0.135. The van der Waals surface area contributed by atoms with E-state index in [-0.39, 0.29) is 6.61 Å². The van der Waals surface area contributed by atoms with Gasteiger partial charge in [0.05, 0.1) is 6.61 Å². The molecule has 0 spiro atoms. The van der Waals surface area contributed by atoms with E-state index in [9.17, 15) is 5.11 Å². The average molecular weight is 332 g/mol. The molecule has 0 atom stereocenters. The second kappa shape index (κ2) is 13.3. The molecule has 0 bridgehead atoms. The number of aliphatic hydroxyl groups is 1. The van der Waals surface area contributed by atoms with Gasteiger partial charge in [-0.15, -0.1) is 0 Å². The number of hydrogen-bond donors (Lipinski definition) is 1. The zero-order chi connectivity index (χ0) is 17.5. The van der Waals surface area contributed by atoms with E-state index in [2.05, 4.69) is 4.99 Å². The van der Waals surface area contributed by atoms with E-state index in [0.29, 0.717) is 32.2 Å². The minimum atomic E-state index is -0.135. The Labute approximate surface area is 144 Å². The van der Waals surface area contributed by atoms with E-state index in [1.165, 1.54) is 0 Å². The van der Waals surface area contributed by atoms with Crippen molar-refractivity contribution in [3.05, 3.63) is 54.9 Å². The van der Waals surface area contributed by atoms with Crippen molar-refractivity contribution in [3.8, 4) is 5.75 Å². The molecule has 1 rings (SSSR count). The number of hydrogen-bond acceptors (Lipinski definition) is 4. The number of ether oxygens (including phenoxy) is 2. The predicted octanol–water partition coefficient (Wildman–Crippen LogP) is 3.23. The molecule has 0 amide bonds. The molecule has 1 N–H and O–H groups in total. The third kappa shape index (κ3) is 8.50. The van der Waals surface area contributed by atoms with Crippen molar-refractivity contribution >= 4 is 5.84 Å². The van der Waals surface area contributed by atoms with Gasteiger partial charge in [-0.2, -0.15) is 0 Å². The summed E-state index contributed by atoms with van der Waals surface area (Å²) in [5, 5.41) is 9.57. The van der Waals surface area contributed by atoms with Crippen LogP contribution in [0.4, 0.5) is 0 Å². The van der Waals surface area contributed by atoms with Gasteiger partial charge in [-0.3, -0.25) is 0 Å². The summed E-state index contributed by atoms with van der Waals surface area (Å²) < 4.78 is 11.0. The van der Waals surface area contributed by atoms with Crippen molar-refractivity contribution in [2.45, 2.75) is 20.3 Å². The first-order valence-corrected chi connectivity index (χ1v) is 8.33. The first-order chi connectivity index (χ1) is 11.8. The lowest BCUT2D eigenvalue weighted by Crippen LogP contribution is -2.31. The minimum Gasteiger partial charge on any atom is -0.489 e. The molecule has 1 aromatic rings. The van der Waals surface area contributed by atoms with Crippen LogP contribution in [-0.4, -0.2) is 48.8 Å². The van der Waals surface area contributed by atoms with Crippen molar-refractivity contribution in [2.24, 2.45) is 4.99 Å². The van der Waals surface area contributed by atoms with E-state index in [4.69, 9.17) is 9.47 Å². The van der Waals surface area contributed by atoms with Crippen molar-refractivity contribution in [1.82, 2.24) is 4.90 Å². The van der Waals surface area contributed by atoms with Crippen LogP contribution >= 0.6 is 0 Å². The summed E-state index contributed by atoms with van der Waals surface area (Å²) in [5.74, 6) is 1.40. The molecule has 0 aliphatic carbocycles. The molecule has 132 valence electrons. The van der Waals surface area contributed by atoms with Crippen molar-refractivity contribution < 1.29 is 14.6 Å². The highest BCUT2D eigenvalue weighted by molar-refractivity contribution is 5.84. The molecule has 0 aliphatic heterocycles. The standard InChI is InChI=1S/C19H28N2O3/c1-3-5-12-20-19(17-22)21(14-16-23-4-2)13-9-15-24-18-10-7-6-8-11-18/h5-13,22H,3-4,14-17H2,1-2H3/b12-5+,13-9+,20-19-. The van der Waals surface area contributed by atoms with Gasteiger partial charge in [-0.05, 0) is 31.6 Å². The molecule has 0 saturated carbocycles. The van der Waals surface area contributed by atoms with E-state index >= 15 is 0 Å². The van der Waals surface area contributed by atoms with Gasteiger partial charge in [0, 0.05) is 25.6 Å². The van der Waals surface area contributed by atoms with E-state index in [1.54, 1.807) is 6.20 Å². The van der Waals surface area contributed by atoms with Crippen LogP contribution in [0.3, 0.4) is 0 Å². The van der Waals surface area contributed by atoms with E-state index in [1.807, 2.05) is 67.4 Å². The predicted molar refractivity (Wildman–Crippen MR) is 98.2 cm³/mol. The van der Waals surface area contributed by atoms with Gasteiger partial charge in [-0.1, -0.05) is 31.2 Å². The third-order valence-electron chi connectivity index (χ3n) is 3.09. The zero-order valence-electron chi connectivity index (χ0n) is 14.6. The molecule has 0 aromatic heterocycles. The van der Waals surface area contributed by atoms with Crippen LogP contribution in [0.15, 0.2) is 59.9 Å². The fraction of sp³-hybridized carbons (Fsp3) is 0.421. The van der Waals surface area contributed by atoms with Gasteiger partial charge < -0.3 is 19.5 Å². The average Bonchev–Trinajstić information content (AvgIpc) is 2.62. The number of amidine groups is 1. The molecule has 5 heteroatoms. The first-order valence-electron chi connectivity index (χ1n) is 8.33. The van der Waals surface area contributed by atoms with Crippen LogP contribution in [0.2, 0.25) is 0 Å². The number of nitrogens with zero attached hydrogens (tertiary/aromatic N) is 2. The van der Waals surface area contributed by atoms with Gasteiger partial charge in [0.2, 0.25) is 0 Å². The number of aliphatic imine (C=N–C) groups is 1. The lowest BCUT2D eigenvalue weighted by atomic mass is 10.3. The maximum Gasteiger partial charge on any atom is 0.134 e. The lowest BCUT2D eigenvalue weighted by Gasteiger charge is -2.20. The number of allylic oxidation sites excluding steroid dienone is 1. The van der Waals surface area contributed by atoms with Crippen LogP contribution < -0.4 is 4.74 Å².